The normalized spacial score (nSPS) is 10.8. The van der Waals surface area contributed by atoms with Gasteiger partial charge in [-0.2, -0.15) is 0 Å². The summed E-state index contributed by atoms with van der Waals surface area (Å²) < 4.78 is 28.9. The Morgan fingerprint density at radius 2 is 1.77 bits per heavy atom. The van der Waals surface area contributed by atoms with Crippen LogP contribution in [0.5, 0.6) is 0 Å². The molecule has 0 fully saturated rings. The van der Waals surface area contributed by atoms with E-state index in [4.69, 9.17) is 0 Å². The van der Waals surface area contributed by atoms with Crippen LogP contribution >= 0.6 is 11.3 Å². The number of hydrogen-bond donors (Lipinski definition) is 2. The summed E-state index contributed by atoms with van der Waals surface area (Å²) in [6.45, 7) is 1.82. The third-order valence-corrected chi connectivity index (χ3v) is 5.73. The number of thiophene rings is 1. The van der Waals surface area contributed by atoms with E-state index in [9.17, 15) is 22.8 Å². The summed E-state index contributed by atoms with van der Waals surface area (Å²) in [6.07, 6.45) is -0.944. The molecule has 1 aromatic heterocycles. The van der Waals surface area contributed by atoms with E-state index >= 15 is 0 Å². The summed E-state index contributed by atoms with van der Waals surface area (Å²) in [5, 5.41) is 6.01. The van der Waals surface area contributed by atoms with Gasteiger partial charge in [-0.25, -0.2) is 13.2 Å². The molecule has 0 aliphatic heterocycles. The minimum Gasteiger partial charge on any atom is -0.453 e. The third kappa shape index (κ3) is 4.90. The van der Waals surface area contributed by atoms with E-state index in [0.29, 0.717) is 0 Å². The molecule has 2 rings (SSSR count). The van der Waals surface area contributed by atoms with Gasteiger partial charge in [-0.1, -0.05) is 17.7 Å². The first-order valence-corrected chi connectivity index (χ1v) is 9.82. The van der Waals surface area contributed by atoms with E-state index in [0.717, 1.165) is 24.0 Å². The van der Waals surface area contributed by atoms with Crippen molar-refractivity contribution < 1.29 is 27.5 Å². The number of amides is 3. The number of rotatable bonds is 5. The molecular formula is C16H16N2O6S2. The molecule has 1 heterocycles. The zero-order valence-corrected chi connectivity index (χ0v) is 15.6. The maximum atomic E-state index is 12.3. The highest BCUT2D eigenvalue weighted by molar-refractivity contribution is 7.92. The predicted octanol–water partition coefficient (Wildman–Crippen LogP) is 1.97. The van der Waals surface area contributed by atoms with Gasteiger partial charge in [0.2, 0.25) is 5.91 Å². The van der Waals surface area contributed by atoms with E-state index in [1.165, 1.54) is 23.6 Å². The fourth-order valence-corrected chi connectivity index (χ4v) is 3.90. The summed E-state index contributed by atoms with van der Waals surface area (Å²) in [4.78, 5) is 35.2. The number of methoxy groups -OCH3 is 1. The van der Waals surface area contributed by atoms with E-state index in [1.807, 2.05) is 12.2 Å². The molecule has 0 bridgehead atoms. The highest BCUT2D eigenvalue weighted by atomic mass is 32.2. The van der Waals surface area contributed by atoms with Crippen molar-refractivity contribution in [3.63, 3.8) is 0 Å². The van der Waals surface area contributed by atoms with Gasteiger partial charge in [-0.05, 0) is 30.5 Å². The molecule has 0 atom stereocenters. The number of carbonyl (C=O) groups excluding carboxylic acids is 3. The monoisotopic (exact) mass is 396 g/mol. The second-order valence-electron chi connectivity index (χ2n) is 5.23. The van der Waals surface area contributed by atoms with Gasteiger partial charge in [0, 0.05) is 0 Å². The molecule has 0 unspecified atom stereocenters. The van der Waals surface area contributed by atoms with Crippen LogP contribution in [0.25, 0.3) is 0 Å². The average Bonchev–Trinajstić information content (AvgIpc) is 3.02. The second kappa shape index (κ2) is 8.11. The van der Waals surface area contributed by atoms with Crippen molar-refractivity contribution in [1.82, 2.24) is 5.32 Å². The number of carbonyl (C=O) groups is 3. The number of anilines is 1. The molecular weight excluding hydrogens is 380 g/mol. The molecule has 0 saturated heterocycles. The van der Waals surface area contributed by atoms with Crippen LogP contribution < -0.4 is 10.6 Å². The summed E-state index contributed by atoms with van der Waals surface area (Å²) in [5.74, 6) is -2.33. The van der Waals surface area contributed by atoms with E-state index in [2.05, 4.69) is 10.1 Å². The first-order valence-electron chi connectivity index (χ1n) is 7.29. The van der Waals surface area contributed by atoms with Crippen molar-refractivity contribution in [3.05, 3.63) is 46.8 Å². The minimum absolute atomic E-state index is 0.0292. The predicted molar refractivity (Wildman–Crippen MR) is 96.1 cm³/mol. The summed E-state index contributed by atoms with van der Waals surface area (Å²) in [7, 11) is -2.71. The zero-order valence-electron chi connectivity index (χ0n) is 13.9. The van der Waals surface area contributed by atoms with Gasteiger partial charge >= 0.3 is 6.09 Å². The Labute approximate surface area is 154 Å². The van der Waals surface area contributed by atoms with Gasteiger partial charge < -0.3 is 10.1 Å². The van der Waals surface area contributed by atoms with Gasteiger partial charge in [0.15, 0.2) is 9.84 Å². The topological polar surface area (TPSA) is 119 Å². The van der Waals surface area contributed by atoms with Gasteiger partial charge in [0.05, 0.1) is 17.6 Å². The molecule has 0 aliphatic rings. The molecule has 0 spiro atoms. The highest BCUT2D eigenvalue weighted by Crippen LogP contribution is 2.23. The van der Waals surface area contributed by atoms with Crippen LogP contribution in [0, 0.1) is 6.92 Å². The largest absolute Gasteiger partial charge is 0.453 e. The molecule has 2 N–H and O–H groups in total. The molecule has 138 valence electrons. The molecule has 1 aromatic carbocycles. The van der Waals surface area contributed by atoms with Crippen LogP contribution in [-0.2, 0) is 19.4 Å². The van der Waals surface area contributed by atoms with Gasteiger partial charge in [0.1, 0.15) is 10.8 Å². The minimum atomic E-state index is -3.82. The van der Waals surface area contributed by atoms with Crippen LogP contribution in [0.4, 0.5) is 9.80 Å². The van der Waals surface area contributed by atoms with Crippen LogP contribution in [0.15, 0.2) is 40.6 Å². The number of benzene rings is 1. The third-order valence-electron chi connectivity index (χ3n) is 3.27. The molecule has 0 radical (unpaired) electrons. The smallest absolute Gasteiger partial charge is 0.413 e. The van der Waals surface area contributed by atoms with E-state index in [-0.39, 0.29) is 15.5 Å². The lowest BCUT2D eigenvalue weighted by Crippen LogP contribution is -2.31. The molecule has 10 heteroatoms. The molecule has 26 heavy (non-hydrogen) atoms. The maximum Gasteiger partial charge on any atom is 0.413 e. The highest BCUT2D eigenvalue weighted by Gasteiger charge is 2.22. The van der Waals surface area contributed by atoms with Crippen molar-refractivity contribution in [1.29, 1.82) is 0 Å². The van der Waals surface area contributed by atoms with E-state index < -0.39 is 33.5 Å². The SMILES string of the molecule is COC(=O)NC(=O)c1ccsc1NC(=O)CS(=O)(=O)c1ccc(C)cc1. The standard InChI is InChI=1S/C16H16N2O6S2/c1-10-3-5-11(6-4-10)26(22,23)9-13(19)17-15-12(7-8-25-15)14(20)18-16(21)24-2/h3-8H,9H2,1-2H3,(H,17,19)(H,18,20,21). The fraction of sp³-hybridized carbons (Fsp3) is 0.188. The van der Waals surface area contributed by atoms with Gasteiger partial charge in [0.25, 0.3) is 5.91 Å². The average molecular weight is 396 g/mol. The first-order chi connectivity index (χ1) is 12.2. The lowest BCUT2D eigenvalue weighted by molar-refractivity contribution is -0.113. The Morgan fingerprint density at radius 1 is 1.12 bits per heavy atom. The first kappa shape index (κ1) is 19.6. The summed E-state index contributed by atoms with van der Waals surface area (Å²) >= 11 is 1.02. The lowest BCUT2D eigenvalue weighted by Gasteiger charge is -2.07. The Morgan fingerprint density at radius 3 is 2.38 bits per heavy atom. The zero-order chi connectivity index (χ0) is 19.3. The van der Waals surface area contributed by atoms with Crippen molar-refractivity contribution in [2.24, 2.45) is 0 Å². The van der Waals surface area contributed by atoms with Crippen molar-refractivity contribution >= 4 is 44.1 Å². The van der Waals surface area contributed by atoms with Crippen LogP contribution in [0.1, 0.15) is 15.9 Å². The van der Waals surface area contributed by atoms with Gasteiger partial charge in [-0.15, -0.1) is 11.3 Å². The molecule has 0 saturated carbocycles. The molecule has 2 aromatic rings. The molecule has 0 aliphatic carbocycles. The summed E-state index contributed by atoms with van der Waals surface area (Å²) in [6, 6.07) is 7.53. The summed E-state index contributed by atoms with van der Waals surface area (Å²) in [5.41, 5.74) is 0.926. The number of sulfone groups is 1. The number of nitrogens with one attached hydrogen (secondary N) is 2. The number of imide groups is 1. The van der Waals surface area contributed by atoms with Crippen LogP contribution in [-0.4, -0.2) is 39.2 Å². The number of ether oxygens (including phenoxy) is 1. The lowest BCUT2D eigenvalue weighted by atomic mass is 10.2. The maximum absolute atomic E-state index is 12.3. The fourth-order valence-electron chi connectivity index (χ4n) is 1.96. The Balaban J connectivity index is 2.09. The van der Waals surface area contributed by atoms with Crippen molar-refractivity contribution in [3.8, 4) is 0 Å². The van der Waals surface area contributed by atoms with Crippen molar-refractivity contribution in [2.45, 2.75) is 11.8 Å². The number of aryl methyl sites for hydroxylation is 1. The second-order valence-corrected chi connectivity index (χ2v) is 8.14. The van der Waals surface area contributed by atoms with Crippen molar-refractivity contribution in [2.75, 3.05) is 18.2 Å². The van der Waals surface area contributed by atoms with E-state index in [1.54, 1.807) is 12.1 Å². The van der Waals surface area contributed by atoms with Crippen LogP contribution in [0.2, 0.25) is 0 Å². The number of alkyl carbamates (subject to hydrolysis) is 1. The molecule has 3 amide bonds. The van der Waals surface area contributed by atoms with Gasteiger partial charge in [-0.3, -0.25) is 14.9 Å². The molecule has 8 nitrogen and oxygen atoms in total. The number of hydrogen-bond acceptors (Lipinski definition) is 7. The Bertz CT molecular complexity index is 932. The van der Waals surface area contributed by atoms with Crippen LogP contribution in [0.3, 0.4) is 0 Å². The quantitative estimate of drug-likeness (QED) is 0.798. The Hall–Kier alpha value is -2.72. The Kier molecular flexibility index (Phi) is 6.11.